The molecule has 0 amide bonds. The largest absolute Gasteiger partial charge is 0.468 e. The van der Waals surface area contributed by atoms with Gasteiger partial charge in [0.2, 0.25) is 0 Å². The van der Waals surface area contributed by atoms with E-state index in [1.54, 1.807) is 6.92 Å². The van der Waals surface area contributed by atoms with Gasteiger partial charge in [0, 0.05) is 0 Å². The summed E-state index contributed by atoms with van der Waals surface area (Å²) in [5, 5.41) is 0. The molecule has 0 N–H and O–H groups in total. The Bertz CT molecular complexity index is 474. The first kappa shape index (κ1) is 12.7. The molecule has 2 aliphatic rings. The number of hydrogen-bond donors (Lipinski definition) is 0. The molecule has 0 heterocycles. The lowest BCUT2D eigenvalue weighted by molar-refractivity contribution is -0.168. The van der Waals surface area contributed by atoms with Crippen LogP contribution in [0.25, 0.3) is 0 Å². The maximum absolute atomic E-state index is 12.3. The molecule has 0 spiro atoms. The fraction of sp³-hybridized carbons (Fsp3) is 0.500. The van der Waals surface area contributed by atoms with Gasteiger partial charge in [0.05, 0.1) is 13.0 Å². The zero-order valence-corrected chi connectivity index (χ0v) is 10.7. The number of esters is 1. The number of ether oxygens (including phenoxy) is 1. The Kier molecular flexibility index (Phi) is 2.97. The minimum Gasteiger partial charge on any atom is -0.468 e. The average molecular weight is 248 g/mol. The number of carbonyl (C=O) groups excluding carboxylic acids is 3. The summed E-state index contributed by atoms with van der Waals surface area (Å²) in [7, 11) is 1.25. The van der Waals surface area contributed by atoms with Gasteiger partial charge in [0.15, 0.2) is 11.6 Å². The van der Waals surface area contributed by atoms with Crippen LogP contribution in [0.4, 0.5) is 0 Å². The molecule has 4 atom stereocenters. The molecule has 2 unspecified atom stereocenters. The second-order valence-electron chi connectivity index (χ2n) is 4.97. The average Bonchev–Trinajstić information content (AvgIpc) is 2.36. The third-order valence-electron chi connectivity index (χ3n) is 4.07. The Morgan fingerprint density at radius 1 is 1.22 bits per heavy atom. The normalized spacial score (nSPS) is 38.5. The summed E-state index contributed by atoms with van der Waals surface area (Å²) >= 11 is 0. The Labute approximate surface area is 106 Å². The van der Waals surface area contributed by atoms with Crippen molar-refractivity contribution in [1.82, 2.24) is 0 Å². The van der Waals surface area contributed by atoms with Gasteiger partial charge in [0.1, 0.15) is 5.41 Å². The number of hydrogen-bond acceptors (Lipinski definition) is 4. The van der Waals surface area contributed by atoms with Crippen LogP contribution >= 0.6 is 0 Å². The standard InChI is InChI=1S/C14H16O4/c1-8-4-5-9(2)14(13(17)18-3)11(16)7-6-10(15)12(8)14/h4-9,12H,1-3H3/t8-,9+,12?,14?/m0/s1. The maximum atomic E-state index is 12.3. The highest BCUT2D eigenvalue weighted by Crippen LogP contribution is 2.49. The Hall–Kier alpha value is -1.71. The van der Waals surface area contributed by atoms with E-state index in [1.807, 2.05) is 19.1 Å². The molecule has 0 saturated carbocycles. The molecule has 0 aliphatic heterocycles. The van der Waals surface area contributed by atoms with E-state index < -0.39 is 17.3 Å². The first-order chi connectivity index (χ1) is 8.46. The lowest BCUT2D eigenvalue weighted by Gasteiger charge is -2.44. The van der Waals surface area contributed by atoms with Gasteiger partial charge in [-0.3, -0.25) is 14.4 Å². The van der Waals surface area contributed by atoms with E-state index in [0.29, 0.717) is 0 Å². The van der Waals surface area contributed by atoms with Crippen molar-refractivity contribution in [2.75, 3.05) is 7.11 Å². The summed E-state index contributed by atoms with van der Waals surface area (Å²) in [5.74, 6) is -2.26. The summed E-state index contributed by atoms with van der Waals surface area (Å²) in [6.07, 6.45) is 6.19. The molecule has 96 valence electrons. The Morgan fingerprint density at radius 2 is 1.89 bits per heavy atom. The lowest BCUT2D eigenvalue weighted by atomic mass is 9.55. The van der Waals surface area contributed by atoms with Crippen LogP contribution in [0.2, 0.25) is 0 Å². The number of fused-ring (bicyclic) bond motifs is 1. The van der Waals surface area contributed by atoms with Crippen LogP contribution in [0.5, 0.6) is 0 Å². The van der Waals surface area contributed by atoms with Crippen LogP contribution in [0, 0.1) is 23.2 Å². The van der Waals surface area contributed by atoms with Gasteiger partial charge >= 0.3 is 5.97 Å². The molecule has 0 radical (unpaired) electrons. The molecule has 2 rings (SSSR count). The number of rotatable bonds is 1. The minimum absolute atomic E-state index is 0.151. The molecule has 0 bridgehead atoms. The topological polar surface area (TPSA) is 60.4 Å². The van der Waals surface area contributed by atoms with Crippen molar-refractivity contribution in [2.45, 2.75) is 13.8 Å². The summed E-state index contributed by atoms with van der Waals surface area (Å²) < 4.78 is 4.81. The van der Waals surface area contributed by atoms with Crippen LogP contribution in [0.15, 0.2) is 24.3 Å². The Morgan fingerprint density at radius 3 is 2.50 bits per heavy atom. The van der Waals surface area contributed by atoms with Gasteiger partial charge in [-0.15, -0.1) is 0 Å². The van der Waals surface area contributed by atoms with E-state index in [4.69, 9.17) is 4.74 Å². The van der Waals surface area contributed by atoms with Crippen molar-refractivity contribution >= 4 is 17.5 Å². The molecule has 0 saturated heterocycles. The lowest BCUT2D eigenvalue weighted by Crippen LogP contribution is -2.57. The smallest absolute Gasteiger partial charge is 0.321 e. The second kappa shape index (κ2) is 4.19. The van der Waals surface area contributed by atoms with Crippen LogP contribution < -0.4 is 0 Å². The zero-order chi connectivity index (χ0) is 13.5. The summed E-state index contributed by atoms with van der Waals surface area (Å²) in [4.78, 5) is 36.5. The van der Waals surface area contributed by atoms with Crippen LogP contribution in [-0.2, 0) is 19.1 Å². The summed E-state index contributed by atoms with van der Waals surface area (Å²) in [6.45, 7) is 3.62. The van der Waals surface area contributed by atoms with Crippen molar-refractivity contribution in [3.63, 3.8) is 0 Å². The van der Waals surface area contributed by atoms with Gasteiger partial charge in [0.25, 0.3) is 0 Å². The van der Waals surface area contributed by atoms with Crippen molar-refractivity contribution in [3.8, 4) is 0 Å². The second-order valence-corrected chi connectivity index (χ2v) is 4.97. The quantitative estimate of drug-likeness (QED) is 0.399. The van der Waals surface area contributed by atoms with E-state index >= 15 is 0 Å². The molecule has 0 fully saturated rings. The molecule has 0 aromatic carbocycles. The number of ketones is 2. The predicted octanol–water partition coefficient (Wildman–Crippen LogP) is 1.31. The van der Waals surface area contributed by atoms with Crippen LogP contribution in [-0.4, -0.2) is 24.6 Å². The molecule has 0 aromatic rings. The van der Waals surface area contributed by atoms with Crippen LogP contribution in [0.3, 0.4) is 0 Å². The minimum atomic E-state index is -1.38. The van der Waals surface area contributed by atoms with Gasteiger partial charge < -0.3 is 4.74 Å². The fourth-order valence-corrected chi connectivity index (χ4v) is 3.15. The van der Waals surface area contributed by atoms with E-state index in [1.165, 1.54) is 19.3 Å². The van der Waals surface area contributed by atoms with Crippen LogP contribution in [0.1, 0.15) is 13.8 Å². The van der Waals surface area contributed by atoms with E-state index in [-0.39, 0.29) is 23.4 Å². The van der Waals surface area contributed by atoms with Gasteiger partial charge in [-0.1, -0.05) is 26.0 Å². The molecule has 0 aromatic heterocycles. The molecular weight excluding hydrogens is 232 g/mol. The van der Waals surface area contributed by atoms with Crippen molar-refractivity contribution in [2.24, 2.45) is 23.2 Å². The molecule has 4 heteroatoms. The van der Waals surface area contributed by atoms with Crippen molar-refractivity contribution in [3.05, 3.63) is 24.3 Å². The predicted molar refractivity (Wildman–Crippen MR) is 64.6 cm³/mol. The Balaban J connectivity index is 2.68. The monoisotopic (exact) mass is 248 g/mol. The highest BCUT2D eigenvalue weighted by molar-refractivity contribution is 6.19. The third kappa shape index (κ3) is 1.41. The SMILES string of the molecule is COC(=O)C12C(=O)C=CC(=O)C1[C@@H](C)C=C[C@H]2C. The van der Waals surface area contributed by atoms with Gasteiger partial charge in [-0.2, -0.15) is 0 Å². The molecular formula is C14H16O4. The van der Waals surface area contributed by atoms with E-state index in [0.717, 1.165) is 0 Å². The van der Waals surface area contributed by atoms with E-state index in [2.05, 4.69) is 0 Å². The highest BCUT2D eigenvalue weighted by Gasteiger charge is 2.61. The first-order valence-electron chi connectivity index (χ1n) is 5.99. The van der Waals surface area contributed by atoms with Crippen molar-refractivity contribution < 1.29 is 19.1 Å². The third-order valence-corrected chi connectivity index (χ3v) is 4.07. The molecule has 2 aliphatic carbocycles. The van der Waals surface area contributed by atoms with Gasteiger partial charge in [-0.25, -0.2) is 0 Å². The molecule has 18 heavy (non-hydrogen) atoms. The zero-order valence-electron chi connectivity index (χ0n) is 10.7. The number of carbonyl (C=O) groups is 3. The first-order valence-corrected chi connectivity index (χ1v) is 5.99. The summed E-state index contributed by atoms with van der Waals surface area (Å²) in [5.41, 5.74) is -1.38. The highest BCUT2D eigenvalue weighted by atomic mass is 16.5. The number of allylic oxidation sites excluding steroid dienone is 4. The van der Waals surface area contributed by atoms with E-state index in [9.17, 15) is 14.4 Å². The fourth-order valence-electron chi connectivity index (χ4n) is 3.15. The molecule has 4 nitrogen and oxygen atoms in total. The van der Waals surface area contributed by atoms with Crippen molar-refractivity contribution in [1.29, 1.82) is 0 Å². The number of methoxy groups -OCH3 is 1. The van der Waals surface area contributed by atoms with Gasteiger partial charge in [-0.05, 0) is 24.0 Å². The summed E-state index contributed by atoms with van der Waals surface area (Å²) in [6, 6.07) is 0. The maximum Gasteiger partial charge on any atom is 0.321 e.